The van der Waals surface area contributed by atoms with Gasteiger partial charge in [0.25, 0.3) is 0 Å². The van der Waals surface area contributed by atoms with Gasteiger partial charge in [0, 0.05) is 25.7 Å². The fourth-order valence-corrected chi connectivity index (χ4v) is 2.25. The molecule has 7 heteroatoms. The van der Waals surface area contributed by atoms with Crippen molar-refractivity contribution in [2.45, 2.75) is 25.9 Å². The zero-order valence-corrected chi connectivity index (χ0v) is 10.7. The molecule has 106 valence electrons. The lowest BCUT2D eigenvalue weighted by Gasteiger charge is -2.34. The van der Waals surface area contributed by atoms with Crippen molar-refractivity contribution in [3.05, 3.63) is 12.4 Å². The van der Waals surface area contributed by atoms with Crippen LogP contribution in [0.15, 0.2) is 12.4 Å². The highest BCUT2D eigenvalue weighted by molar-refractivity contribution is 5.48. The van der Waals surface area contributed by atoms with Crippen molar-refractivity contribution >= 4 is 11.6 Å². The number of halogens is 3. The van der Waals surface area contributed by atoms with Crippen LogP contribution in [0.2, 0.25) is 0 Å². The minimum absolute atomic E-state index is 0.0217. The molecule has 2 rings (SSSR count). The van der Waals surface area contributed by atoms with Gasteiger partial charge < -0.3 is 10.2 Å². The van der Waals surface area contributed by atoms with E-state index in [0.717, 1.165) is 0 Å². The predicted octanol–water partition coefficient (Wildman–Crippen LogP) is 2.69. The first-order chi connectivity index (χ1) is 9.00. The van der Waals surface area contributed by atoms with E-state index in [4.69, 9.17) is 0 Å². The summed E-state index contributed by atoms with van der Waals surface area (Å²) in [7, 11) is 0. The average Bonchev–Trinajstić information content (AvgIpc) is 2.39. The Bertz CT molecular complexity index is 422. The van der Waals surface area contributed by atoms with Crippen LogP contribution >= 0.6 is 0 Å². The zero-order chi connectivity index (χ0) is 13.9. The van der Waals surface area contributed by atoms with E-state index in [1.54, 1.807) is 11.0 Å². The number of piperidine rings is 1. The lowest BCUT2D eigenvalue weighted by Crippen LogP contribution is -2.42. The second-order valence-corrected chi connectivity index (χ2v) is 4.62. The summed E-state index contributed by atoms with van der Waals surface area (Å²) in [5.41, 5.74) is 0. The first-order valence-corrected chi connectivity index (χ1v) is 6.38. The van der Waals surface area contributed by atoms with Gasteiger partial charge in [-0.3, -0.25) is 0 Å². The molecule has 1 fully saturated rings. The summed E-state index contributed by atoms with van der Waals surface area (Å²) >= 11 is 0. The number of alkyl halides is 3. The fourth-order valence-electron chi connectivity index (χ4n) is 2.25. The van der Waals surface area contributed by atoms with E-state index < -0.39 is 12.1 Å². The lowest BCUT2D eigenvalue weighted by molar-refractivity contribution is -0.176. The van der Waals surface area contributed by atoms with Crippen LogP contribution in [0.1, 0.15) is 19.8 Å². The molecule has 2 heterocycles. The maximum atomic E-state index is 12.8. The van der Waals surface area contributed by atoms with Gasteiger partial charge in [-0.15, -0.1) is 0 Å². The molecule has 1 aliphatic rings. The van der Waals surface area contributed by atoms with Gasteiger partial charge in [-0.2, -0.15) is 13.2 Å². The van der Waals surface area contributed by atoms with Crippen molar-refractivity contribution in [3.8, 4) is 0 Å². The molecule has 0 aliphatic carbocycles. The molecule has 19 heavy (non-hydrogen) atoms. The van der Waals surface area contributed by atoms with Gasteiger partial charge in [0.05, 0.1) is 5.92 Å². The quantitative estimate of drug-likeness (QED) is 0.920. The highest BCUT2D eigenvalue weighted by Gasteiger charge is 2.42. The standard InChI is InChI=1S/C12H17F3N4/c1-2-16-10-6-11(18-8-17-10)19-5-3-4-9(7-19)12(13,14)15/h6,8-9H,2-5,7H2,1H3,(H,16,17,18). The summed E-state index contributed by atoms with van der Waals surface area (Å²) in [4.78, 5) is 9.77. The smallest absolute Gasteiger partial charge is 0.370 e. The van der Waals surface area contributed by atoms with E-state index in [1.807, 2.05) is 6.92 Å². The minimum atomic E-state index is -4.13. The van der Waals surface area contributed by atoms with E-state index in [-0.39, 0.29) is 13.0 Å². The molecular weight excluding hydrogens is 257 g/mol. The summed E-state index contributed by atoms with van der Waals surface area (Å²) in [5, 5.41) is 3.03. The molecule has 0 radical (unpaired) electrons. The number of nitrogens with zero attached hydrogens (tertiary/aromatic N) is 3. The predicted molar refractivity (Wildman–Crippen MR) is 67.2 cm³/mol. The third-order valence-corrected chi connectivity index (χ3v) is 3.22. The first-order valence-electron chi connectivity index (χ1n) is 6.38. The molecule has 0 aromatic carbocycles. The Morgan fingerprint density at radius 2 is 2.21 bits per heavy atom. The van der Waals surface area contributed by atoms with E-state index in [1.165, 1.54) is 6.33 Å². The lowest BCUT2D eigenvalue weighted by atomic mass is 9.97. The Balaban J connectivity index is 2.10. The summed E-state index contributed by atoms with van der Waals surface area (Å²) in [5.74, 6) is -0.0691. The molecule has 0 spiro atoms. The molecule has 1 atom stereocenters. The second kappa shape index (κ2) is 5.63. The van der Waals surface area contributed by atoms with Crippen molar-refractivity contribution in [2.24, 2.45) is 5.92 Å². The van der Waals surface area contributed by atoms with Gasteiger partial charge in [-0.05, 0) is 19.8 Å². The van der Waals surface area contributed by atoms with Crippen LogP contribution in [-0.2, 0) is 0 Å². The SMILES string of the molecule is CCNc1cc(N2CCCC(C(F)(F)F)C2)ncn1. The maximum absolute atomic E-state index is 12.8. The average molecular weight is 274 g/mol. The van der Waals surface area contributed by atoms with Crippen LogP contribution in [0.5, 0.6) is 0 Å². The van der Waals surface area contributed by atoms with Gasteiger partial charge in [0.1, 0.15) is 18.0 Å². The Kier molecular flexibility index (Phi) is 4.11. The van der Waals surface area contributed by atoms with E-state index >= 15 is 0 Å². The highest BCUT2D eigenvalue weighted by Crippen LogP contribution is 2.34. The largest absolute Gasteiger partial charge is 0.393 e. The van der Waals surface area contributed by atoms with Crippen LogP contribution in [-0.4, -0.2) is 35.8 Å². The van der Waals surface area contributed by atoms with E-state index in [9.17, 15) is 13.2 Å². The number of aromatic nitrogens is 2. The molecule has 0 amide bonds. The van der Waals surface area contributed by atoms with Crippen LogP contribution in [0.4, 0.5) is 24.8 Å². The monoisotopic (exact) mass is 274 g/mol. The van der Waals surface area contributed by atoms with Crippen LogP contribution in [0.25, 0.3) is 0 Å². The molecule has 1 saturated heterocycles. The van der Waals surface area contributed by atoms with Gasteiger partial charge in [-0.25, -0.2) is 9.97 Å². The topological polar surface area (TPSA) is 41.0 Å². The summed E-state index contributed by atoms with van der Waals surface area (Å²) in [6.45, 7) is 3.23. The fraction of sp³-hybridized carbons (Fsp3) is 0.667. The molecule has 4 nitrogen and oxygen atoms in total. The normalized spacial score (nSPS) is 20.4. The molecule has 1 aliphatic heterocycles. The number of rotatable bonds is 3. The maximum Gasteiger partial charge on any atom is 0.393 e. The first kappa shape index (κ1) is 13.9. The molecular formula is C12H17F3N4. The minimum Gasteiger partial charge on any atom is -0.370 e. The van der Waals surface area contributed by atoms with Gasteiger partial charge in [-0.1, -0.05) is 0 Å². The molecule has 1 aromatic heterocycles. The third kappa shape index (κ3) is 3.48. The summed E-state index contributed by atoms with van der Waals surface area (Å²) < 4.78 is 38.3. The van der Waals surface area contributed by atoms with Crippen molar-refractivity contribution in [1.82, 2.24) is 9.97 Å². The van der Waals surface area contributed by atoms with E-state index in [2.05, 4.69) is 15.3 Å². The molecule has 0 bridgehead atoms. The van der Waals surface area contributed by atoms with Crippen LogP contribution in [0.3, 0.4) is 0 Å². The summed E-state index contributed by atoms with van der Waals surface area (Å²) in [6.07, 6.45) is -2.02. The van der Waals surface area contributed by atoms with Crippen molar-refractivity contribution in [2.75, 3.05) is 29.9 Å². The third-order valence-electron chi connectivity index (χ3n) is 3.22. The number of hydrogen-bond acceptors (Lipinski definition) is 4. The van der Waals surface area contributed by atoms with Crippen LogP contribution < -0.4 is 10.2 Å². The van der Waals surface area contributed by atoms with Crippen molar-refractivity contribution in [3.63, 3.8) is 0 Å². The molecule has 1 N–H and O–H groups in total. The van der Waals surface area contributed by atoms with Crippen molar-refractivity contribution in [1.29, 1.82) is 0 Å². The number of nitrogens with one attached hydrogen (secondary N) is 1. The Labute approximate surface area is 110 Å². The highest BCUT2D eigenvalue weighted by atomic mass is 19.4. The van der Waals surface area contributed by atoms with E-state index in [0.29, 0.717) is 31.1 Å². The molecule has 1 unspecified atom stereocenters. The molecule has 1 aromatic rings. The Hall–Kier alpha value is -1.53. The van der Waals surface area contributed by atoms with Crippen molar-refractivity contribution < 1.29 is 13.2 Å². The summed E-state index contributed by atoms with van der Waals surface area (Å²) in [6, 6.07) is 1.70. The van der Waals surface area contributed by atoms with Gasteiger partial charge in [0.2, 0.25) is 0 Å². The number of hydrogen-bond donors (Lipinski definition) is 1. The second-order valence-electron chi connectivity index (χ2n) is 4.62. The molecule has 0 saturated carbocycles. The number of anilines is 2. The van der Waals surface area contributed by atoms with Gasteiger partial charge >= 0.3 is 6.18 Å². The Morgan fingerprint density at radius 3 is 2.89 bits per heavy atom. The Morgan fingerprint density at radius 1 is 1.42 bits per heavy atom. The van der Waals surface area contributed by atoms with Crippen LogP contribution in [0, 0.1) is 5.92 Å². The zero-order valence-electron chi connectivity index (χ0n) is 10.7. The van der Waals surface area contributed by atoms with Gasteiger partial charge in [0.15, 0.2) is 0 Å².